The molecule has 0 amide bonds. The van der Waals surface area contributed by atoms with Gasteiger partial charge in [-0.1, -0.05) is 164 Å². The molecule has 0 radical (unpaired) electrons. The largest absolute Gasteiger partial charge is 0.452 e. The van der Waals surface area contributed by atoms with Gasteiger partial charge in [-0.3, -0.25) is 0 Å². The Balaban J connectivity index is 0.994. The number of fused-ring (bicyclic) bond motifs is 3. The Morgan fingerprint density at radius 2 is 0.709 bits per heavy atom. The van der Waals surface area contributed by atoms with Crippen LogP contribution < -0.4 is 0 Å². The van der Waals surface area contributed by atoms with E-state index in [4.69, 9.17) is 29.3 Å². The van der Waals surface area contributed by atoms with Crippen molar-refractivity contribution >= 4 is 22.1 Å². The Morgan fingerprint density at radius 1 is 0.291 bits per heavy atom. The molecule has 0 bridgehead atoms. The van der Waals surface area contributed by atoms with E-state index in [1.165, 1.54) is 0 Å². The van der Waals surface area contributed by atoms with Crippen LogP contribution in [0.3, 0.4) is 0 Å². The second-order valence-electron chi connectivity index (χ2n) is 13.3. The van der Waals surface area contributed by atoms with Gasteiger partial charge in [0.25, 0.3) is 0 Å². The highest BCUT2D eigenvalue weighted by Gasteiger charge is 2.18. The molecule has 3 heterocycles. The van der Waals surface area contributed by atoms with Crippen LogP contribution in [0.2, 0.25) is 0 Å². The van der Waals surface area contributed by atoms with Crippen molar-refractivity contribution in [2.45, 2.75) is 0 Å². The fourth-order valence-corrected chi connectivity index (χ4v) is 6.98. The van der Waals surface area contributed by atoms with Crippen LogP contribution >= 0.6 is 0 Å². The third-order valence-corrected chi connectivity index (χ3v) is 9.76. The van der Waals surface area contributed by atoms with E-state index in [2.05, 4.69) is 91.0 Å². The Kier molecular flexibility index (Phi) is 8.04. The number of hydrogen-bond acceptors (Lipinski definition) is 6. The van der Waals surface area contributed by atoms with E-state index < -0.39 is 0 Å². The van der Waals surface area contributed by atoms with Gasteiger partial charge in [-0.15, -0.1) is 0 Å². The first-order chi connectivity index (χ1) is 27.2. The molecule has 10 rings (SSSR count). The number of aromatic nitrogens is 5. The minimum Gasteiger partial charge on any atom is -0.452 e. The Hall–Kier alpha value is -7.57. The predicted octanol–water partition coefficient (Wildman–Crippen LogP) is 12.2. The second-order valence-corrected chi connectivity index (χ2v) is 13.3. The summed E-state index contributed by atoms with van der Waals surface area (Å²) in [7, 11) is 0. The lowest BCUT2D eigenvalue weighted by Gasteiger charge is -2.10. The lowest BCUT2D eigenvalue weighted by atomic mass is 9.97. The molecule has 55 heavy (non-hydrogen) atoms. The highest BCUT2D eigenvalue weighted by atomic mass is 16.3. The maximum Gasteiger partial charge on any atom is 0.180 e. The molecule has 0 spiro atoms. The fourth-order valence-electron chi connectivity index (χ4n) is 6.98. The van der Waals surface area contributed by atoms with Gasteiger partial charge in [0.1, 0.15) is 16.8 Å². The van der Waals surface area contributed by atoms with Crippen molar-refractivity contribution in [3.8, 4) is 79.1 Å². The van der Waals surface area contributed by atoms with Crippen molar-refractivity contribution in [3.63, 3.8) is 0 Å². The molecule has 0 aliphatic heterocycles. The van der Waals surface area contributed by atoms with Crippen molar-refractivity contribution in [1.29, 1.82) is 0 Å². The van der Waals surface area contributed by atoms with E-state index in [-0.39, 0.29) is 0 Å². The molecule has 0 saturated heterocycles. The minimum atomic E-state index is 0.629. The van der Waals surface area contributed by atoms with Gasteiger partial charge in [0.2, 0.25) is 0 Å². The third-order valence-electron chi connectivity index (χ3n) is 9.76. The topological polar surface area (TPSA) is 77.6 Å². The van der Waals surface area contributed by atoms with Gasteiger partial charge in [0.15, 0.2) is 28.9 Å². The van der Waals surface area contributed by atoms with Crippen molar-refractivity contribution in [1.82, 2.24) is 24.9 Å². The SMILES string of the molecule is c1ccc(-c2nc(-c3ccccc3)nc(-c3ccc(-c4cccc(-c5cccc(-c6nc(-c7ccccc7)c7oc8ccccc8c7n6)c5)c4)cc3)n2)cc1. The van der Waals surface area contributed by atoms with E-state index >= 15 is 0 Å². The molecule has 6 heteroatoms. The highest BCUT2D eigenvalue weighted by molar-refractivity contribution is 6.07. The van der Waals surface area contributed by atoms with Crippen LogP contribution in [-0.2, 0) is 0 Å². The summed E-state index contributed by atoms with van der Waals surface area (Å²) in [5, 5.41) is 0.969. The molecule has 6 nitrogen and oxygen atoms in total. The van der Waals surface area contributed by atoms with Crippen LogP contribution in [0.15, 0.2) is 192 Å². The normalized spacial score (nSPS) is 11.3. The molecular formula is C49H31N5O. The van der Waals surface area contributed by atoms with Gasteiger partial charge in [-0.05, 0) is 46.5 Å². The highest BCUT2D eigenvalue weighted by Crippen LogP contribution is 2.37. The molecule has 258 valence electrons. The van der Waals surface area contributed by atoms with Gasteiger partial charge < -0.3 is 4.42 Å². The summed E-state index contributed by atoms with van der Waals surface area (Å²) in [5.41, 5.74) is 12.1. The molecule has 0 unspecified atom stereocenters. The van der Waals surface area contributed by atoms with Gasteiger partial charge in [0.05, 0.1) is 0 Å². The number of hydrogen-bond donors (Lipinski definition) is 0. The number of rotatable bonds is 7. The van der Waals surface area contributed by atoms with Gasteiger partial charge in [-0.25, -0.2) is 24.9 Å². The summed E-state index contributed by atoms with van der Waals surface area (Å²) >= 11 is 0. The first kappa shape index (κ1) is 32.1. The van der Waals surface area contributed by atoms with Crippen molar-refractivity contribution in [2.24, 2.45) is 0 Å². The summed E-state index contributed by atoms with van der Waals surface area (Å²) in [5.74, 6) is 2.56. The molecule has 0 saturated carbocycles. The first-order valence-corrected chi connectivity index (χ1v) is 18.2. The molecule has 0 atom stereocenters. The van der Waals surface area contributed by atoms with E-state index in [0.29, 0.717) is 28.9 Å². The van der Waals surface area contributed by atoms with E-state index in [1.54, 1.807) is 0 Å². The smallest absolute Gasteiger partial charge is 0.180 e. The summed E-state index contributed by atoms with van der Waals surface area (Å²) in [6.07, 6.45) is 0. The first-order valence-electron chi connectivity index (χ1n) is 18.2. The van der Waals surface area contributed by atoms with Gasteiger partial charge >= 0.3 is 0 Å². The summed E-state index contributed by atoms with van der Waals surface area (Å²) in [6, 6.07) is 63.7. The van der Waals surface area contributed by atoms with E-state index in [9.17, 15) is 0 Å². The molecule has 7 aromatic carbocycles. The van der Waals surface area contributed by atoms with Crippen LogP contribution in [0.25, 0.3) is 101 Å². The zero-order valence-corrected chi connectivity index (χ0v) is 29.5. The molecule has 0 N–H and O–H groups in total. The number of benzene rings is 7. The molecule has 0 aliphatic rings. The molecular weight excluding hydrogens is 675 g/mol. The van der Waals surface area contributed by atoms with Crippen molar-refractivity contribution in [2.75, 3.05) is 0 Å². The van der Waals surface area contributed by atoms with Gasteiger partial charge in [0, 0.05) is 33.2 Å². The Labute approximate surface area is 317 Å². The molecule has 0 aliphatic carbocycles. The lowest BCUT2D eigenvalue weighted by molar-refractivity contribution is 0.667. The van der Waals surface area contributed by atoms with Crippen LogP contribution in [0.4, 0.5) is 0 Å². The number of nitrogens with zero attached hydrogens (tertiary/aromatic N) is 5. The quantitative estimate of drug-likeness (QED) is 0.164. The number of para-hydroxylation sites is 1. The summed E-state index contributed by atoms with van der Waals surface area (Å²) < 4.78 is 6.32. The zero-order valence-electron chi connectivity index (χ0n) is 29.5. The molecule has 3 aromatic heterocycles. The third kappa shape index (κ3) is 6.22. The minimum absolute atomic E-state index is 0.629. The van der Waals surface area contributed by atoms with E-state index in [1.807, 2.05) is 97.1 Å². The van der Waals surface area contributed by atoms with Crippen molar-refractivity contribution in [3.05, 3.63) is 188 Å². The summed E-state index contributed by atoms with van der Waals surface area (Å²) in [4.78, 5) is 24.8. The number of furan rings is 1. The van der Waals surface area contributed by atoms with Crippen LogP contribution in [0.5, 0.6) is 0 Å². The summed E-state index contributed by atoms with van der Waals surface area (Å²) in [6.45, 7) is 0. The Morgan fingerprint density at radius 3 is 1.31 bits per heavy atom. The van der Waals surface area contributed by atoms with Crippen LogP contribution in [0.1, 0.15) is 0 Å². The standard InChI is InChI=1S/C49H31N5O/c1-4-14-33(15-5-1)43-45-44(41-24-10-11-25-42(41)55-45)51-49(50-43)40-23-13-22-39(31-40)38-21-12-20-37(30-38)32-26-28-36(29-27-32)48-53-46(34-16-6-2-7-17-34)52-47(54-48)35-18-8-3-9-19-35/h1-31H. The molecule has 0 fully saturated rings. The maximum atomic E-state index is 6.32. The average molecular weight is 706 g/mol. The van der Waals surface area contributed by atoms with Gasteiger partial charge in [-0.2, -0.15) is 0 Å². The van der Waals surface area contributed by atoms with Crippen LogP contribution in [0, 0.1) is 0 Å². The lowest BCUT2D eigenvalue weighted by Crippen LogP contribution is -2.00. The Bertz CT molecular complexity index is 2900. The predicted molar refractivity (Wildman–Crippen MR) is 221 cm³/mol. The maximum absolute atomic E-state index is 6.32. The van der Waals surface area contributed by atoms with Crippen LogP contribution in [-0.4, -0.2) is 24.9 Å². The average Bonchev–Trinajstić information content (AvgIpc) is 3.66. The monoisotopic (exact) mass is 705 g/mol. The molecule has 10 aromatic rings. The van der Waals surface area contributed by atoms with Crippen molar-refractivity contribution < 1.29 is 4.42 Å². The zero-order chi connectivity index (χ0) is 36.6. The second kappa shape index (κ2) is 13.8. The fraction of sp³-hybridized carbons (Fsp3) is 0. The van der Waals surface area contributed by atoms with E-state index in [0.717, 1.165) is 72.3 Å².